The Labute approximate surface area is 81.6 Å². The van der Waals surface area contributed by atoms with Gasteiger partial charge in [0.25, 0.3) is 0 Å². The predicted molar refractivity (Wildman–Crippen MR) is 52.0 cm³/mol. The second-order valence-corrected chi connectivity index (χ2v) is 3.81. The van der Waals surface area contributed by atoms with Gasteiger partial charge in [0, 0.05) is 12.2 Å². The van der Waals surface area contributed by atoms with Gasteiger partial charge in [0.15, 0.2) is 5.12 Å². The third kappa shape index (κ3) is 3.11. The first-order chi connectivity index (χ1) is 6.24. The minimum Gasteiger partial charge on any atom is -0.345 e. The number of hydrogen-bond donors (Lipinski definition) is 1. The average molecular weight is 197 g/mol. The molecule has 3 nitrogen and oxygen atoms in total. The molecule has 1 heterocycles. The van der Waals surface area contributed by atoms with Crippen LogP contribution in [0.5, 0.6) is 0 Å². The number of rotatable bonds is 2. The molecule has 1 saturated heterocycles. The largest absolute Gasteiger partial charge is 0.345 e. The van der Waals surface area contributed by atoms with Crippen LogP contribution in [0.1, 0.15) is 13.3 Å². The van der Waals surface area contributed by atoms with Gasteiger partial charge in [-0.25, -0.2) is 0 Å². The summed E-state index contributed by atoms with van der Waals surface area (Å²) >= 11 is 1.24. The van der Waals surface area contributed by atoms with Crippen LogP contribution < -0.4 is 5.32 Å². The third-order valence-corrected chi connectivity index (χ3v) is 2.81. The number of thioether (sulfide) groups is 1. The Morgan fingerprint density at radius 1 is 1.77 bits per heavy atom. The van der Waals surface area contributed by atoms with Gasteiger partial charge in [-0.3, -0.25) is 9.59 Å². The SMILES string of the molecule is CC#CCNC(=O)C1CSC(=O)C1. The molecular formula is C9H11NO2S. The average Bonchev–Trinajstić information content (AvgIpc) is 2.52. The lowest BCUT2D eigenvalue weighted by Gasteiger charge is -2.05. The minimum absolute atomic E-state index is 0.0545. The molecule has 0 aliphatic carbocycles. The fourth-order valence-electron chi connectivity index (χ4n) is 1.04. The minimum atomic E-state index is -0.142. The van der Waals surface area contributed by atoms with Crippen molar-refractivity contribution in [2.75, 3.05) is 12.3 Å². The molecule has 1 aliphatic rings. The molecule has 0 aromatic rings. The van der Waals surface area contributed by atoms with E-state index < -0.39 is 0 Å². The summed E-state index contributed by atoms with van der Waals surface area (Å²) in [5.41, 5.74) is 0. The van der Waals surface area contributed by atoms with E-state index in [1.165, 1.54) is 11.8 Å². The summed E-state index contributed by atoms with van der Waals surface area (Å²) in [6.45, 7) is 2.10. The maximum atomic E-state index is 11.3. The van der Waals surface area contributed by atoms with Crippen LogP contribution in [-0.4, -0.2) is 23.3 Å². The highest BCUT2D eigenvalue weighted by Gasteiger charge is 2.28. The van der Waals surface area contributed by atoms with E-state index in [4.69, 9.17) is 0 Å². The monoisotopic (exact) mass is 197 g/mol. The lowest BCUT2D eigenvalue weighted by Crippen LogP contribution is -2.30. The highest BCUT2D eigenvalue weighted by molar-refractivity contribution is 8.14. The van der Waals surface area contributed by atoms with Gasteiger partial charge in [-0.2, -0.15) is 0 Å². The van der Waals surface area contributed by atoms with E-state index >= 15 is 0 Å². The lowest BCUT2D eigenvalue weighted by molar-refractivity contribution is -0.125. The zero-order chi connectivity index (χ0) is 9.68. The van der Waals surface area contributed by atoms with Crippen molar-refractivity contribution in [2.45, 2.75) is 13.3 Å². The molecule has 1 amide bonds. The van der Waals surface area contributed by atoms with Crippen molar-refractivity contribution >= 4 is 22.8 Å². The number of carbonyl (C=O) groups excluding carboxylic acids is 2. The lowest BCUT2D eigenvalue weighted by atomic mass is 10.1. The molecule has 0 spiro atoms. The summed E-state index contributed by atoms with van der Waals surface area (Å²) in [4.78, 5) is 22.2. The summed E-state index contributed by atoms with van der Waals surface area (Å²) in [6.07, 6.45) is 0.371. The van der Waals surface area contributed by atoms with Gasteiger partial charge in [-0.15, -0.1) is 5.92 Å². The van der Waals surface area contributed by atoms with Gasteiger partial charge in [-0.1, -0.05) is 17.7 Å². The maximum Gasteiger partial charge on any atom is 0.225 e. The molecule has 1 fully saturated rings. The Balaban J connectivity index is 2.30. The van der Waals surface area contributed by atoms with Gasteiger partial charge in [0.1, 0.15) is 0 Å². The molecule has 13 heavy (non-hydrogen) atoms. The number of nitrogens with one attached hydrogen (secondary N) is 1. The Bertz CT molecular complexity index is 277. The smallest absolute Gasteiger partial charge is 0.225 e. The molecule has 0 saturated carbocycles. The van der Waals surface area contributed by atoms with Crippen molar-refractivity contribution < 1.29 is 9.59 Å². The van der Waals surface area contributed by atoms with Crippen LogP contribution in [0.2, 0.25) is 0 Å². The van der Waals surface area contributed by atoms with Crippen molar-refractivity contribution in [3.63, 3.8) is 0 Å². The normalized spacial score (nSPS) is 20.7. The molecule has 70 valence electrons. The van der Waals surface area contributed by atoms with E-state index in [0.29, 0.717) is 18.7 Å². The van der Waals surface area contributed by atoms with Gasteiger partial charge >= 0.3 is 0 Å². The molecule has 0 aromatic heterocycles. The maximum absolute atomic E-state index is 11.3. The van der Waals surface area contributed by atoms with Gasteiger partial charge < -0.3 is 5.32 Å². The third-order valence-electron chi connectivity index (χ3n) is 1.76. The Morgan fingerprint density at radius 2 is 2.54 bits per heavy atom. The van der Waals surface area contributed by atoms with E-state index in [0.717, 1.165) is 0 Å². The molecule has 1 rings (SSSR count). The van der Waals surface area contributed by atoms with E-state index in [9.17, 15) is 9.59 Å². The summed E-state index contributed by atoms with van der Waals surface area (Å²) < 4.78 is 0. The van der Waals surface area contributed by atoms with E-state index in [-0.39, 0.29) is 16.9 Å². The van der Waals surface area contributed by atoms with Crippen LogP contribution in [0.25, 0.3) is 0 Å². The van der Waals surface area contributed by atoms with Crippen molar-refractivity contribution in [1.82, 2.24) is 5.32 Å². The van der Waals surface area contributed by atoms with E-state index in [1.54, 1.807) is 6.92 Å². The topological polar surface area (TPSA) is 46.2 Å². The molecule has 1 N–H and O–H groups in total. The van der Waals surface area contributed by atoms with Crippen molar-refractivity contribution in [1.29, 1.82) is 0 Å². The summed E-state index contributed by atoms with van der Waals surface area (Å²) in [7, 11) is 0. The fourth-order valence-corrected chi connectivity index (χ4v) is 2.02. The molecule has 0 radical (unpaired) electrons. The molecule has 1 aliphatic heterocycles. The zero-order valence-corrected chi connectivity index (χ0v) is 8.24. The van der Waals surface area contributed by atoms with Crippen LogP contribution >= 0.6 is 11.8 Å². The number of hydrogen-bond acceptors (Lipinski definition) is 3. The Kier molecular flexibility index (Phi) is 3.84. The Morgan fingerprint density at radius 3 is 3.08 bits per heavy atom. The molecule has 0 aromatic carbocycles. The summed E-state index contributed by atoms with van der Waals surface area (Å²) in [5.74, 6) is 5.84. The summed E-state index contributed by atoms with van der Waals surface area (Å²) in [5, 5.41) is 2.78. The van der Waals surface area contributed by atoms with Crippen molar-refractivity contribution in [3.05, 3.63) is 0 Å². The number of amides is 1. The first kappa shape index (κ1) is 10.1. The predicted octanol–water partition coefficient (Wildman–Crippen LogP) is 0.406. The van der Waals surface area contributed by atoms with Gasteiger partial charge in [-0.05, 0) is 6.92 Å². The van der Waals surface area contributed by atoms with Crippen LogP contribution in [0.3, 0.4) is 0 Å². The van der Waals surface area contributed by atoms with Crippen LogP contribution in [-0.2, 0) is 9.59 Å². The summed E-state index contributed by atoms with van der Waals surface area (Å²) in [6, 6.07) is 0. The van der Waals surface area contributed by atoms with E-state index in [1.807, 2.05) is 0 Å². The van der Waals surface area contributed by atoms with Gasteiger partial charge in [0.05, 0.1) is 12.5 Å². The molecule has 1 unspecified atom stereocenters. The van der Waals surface area contributed by atoms with Gasteiger partial charge in [0.2, 0.25) is 5.91 Å². The molecule has 0 bridgehead atoms. The highest BCUT2D eigenvalue weighted by Crippen LogP contribution is 2.24. The first-order valence-electron chi connectivity index (χ1n) is 4.07. The van der Waals surface area contributed by atoms with Crippen LogP contribution in [0, 0.1) is 17.8 Å². The second kappa shape index (κ2) is 4.93. The number of carbonyl (C=O) groups is 2. The van der Waals surface area contributed by atoms with E-state index in [2.05, 4.69) is 17.2 Å². The zero-order valence-electron chi connectivity index (χ0n) is 7.42. The second-order valence-electron chi connectivity index (χ2n) is 2.73. The standard InChI is InChI=1S/C9H11NO2S/c1-2-3-4-10-9(12)7-5-8(11)13-6-7/h7H,4-6H2,1H3,(H,10,12). The van der Waals surface area contributed by atoms with Crippen molar-refractivity contribution in [3.8, 4) is 11.8 Å². The molecule has 4 heteroatoms. The Hall–Kier alpha value is -0.950. The molecule has 1 atom stereocenters. The van der Waals surface area contributed by atoms with Crippen molar-refractivity contribution in [2.24, 2.45) is 5.92 Å². The highest BCUT2D eigenvalue weighted by atomic mass is 32.2. The fraction of sp³-hybridized carbons (Fsp3) is 0.556. The first-order valence-corrected chi connectivity index (χ1v) is 5.05. The molecular weight excluding hydrogens is 186 g/mol. The van der Waals surface area contributed by atoms with Crippen LogP contribution in [0.4, 0.5) is 0 Å². The van der Waals surface area contributed by atoms with Crippen LogP contribution in [0.15, 0.2) is 0 Å². The quantitative estimate of drug-likeness (QED) is 0.652.